The average molecular weight is 305 g/mol. The molecule has 1 saturated heterocycles. The summed E-state index contributed by atoms with van der Waals surface area (Å²) in [5.41, 5.74) is 3.02. The molecule has 1 aromatic carbocycles. The van der Waals surface area contributed by atoms with E-state index in [0.717, 1.165) is 15.6 Å². The zero-order chi connectivity index (χ0) is 14.8. The molecule has 0 unspecified atom stereocenters. The molecular weight excluding hydrogens is 290 g/mol. The molecule has 1 fully saturated rings. The summed E-state index contributed by atoms with van der Waals surface area (Å²) in [6, 6.07) is 7.76. The van der Waals surface area contributed by atoms with Gasteiger partial charge in [0.15, 0.2) is 0 Å². The van der Waals surface area contributed by atoms with Gasteiger partial charge in [0.25, 0.3) is 5.91 Å². The molecular formula is C14H15N3O3S. The maximum atomic E-state index is 12.0. The number of nitrogens with one attached hydrogen (secondary N) is 1. The van der Waals surface area contributed by atoms with Crippen LogP contribution in [0, 0.1) is 0 Å². The summed E-state index contributed by atoms with van der Waals surface area (Å²) in [6.45, 7) is 1.55. The number of thiophene rings is 1. The van der Waals surface area contributed by atoms with Gasteiger partial charge < -0.3 is 9.64 Å². The minimum Gasteiger partial charge on any atom is -0.370 e. The Bertz CT molecular complexity index is 698. The van der Waals surface area contributed by atoms with E-state index in [-0.39, 0.29) is 18.4 Å². The zero-order valence-electron chi connectivity index (χ0n) is 11.3. The van der Waals surface area contributed by atoms with Gasteiger partial charge in [-0.25, -0.2) is 5.84 Å². The highest BCUT2D eigenvalue weighted by Gasteiger charge is 2.24. The van der Waals surface area contributed by atoms with Crippen molar-refractivity contribution in [3.63, 3.8) is 0 Å². The van der Waals surface area contributed by atoms with Gasteiger partial charge in [0.2, 0.25) is 5.91 Å². The van der Waals surface area contributed by atoms with Gasteiger partial charge in [0, 0.05) is 23.4 Å². The SMILES string of the molecule is NNC(=O)c1sc2ccccc2c1CN1CCOCC1=O. The highest BCUT2D eigenvalue weighted by molar-refractivity contribution is 7.21. The maximum Gasteiger partial charge on any atom is 0.275 e. The molecule has 0 saturated carbocycles. The molecule has 1 aromatic heterocycles. The molecule has 21 heavy (non-hydrogen) atoms. The fourth-order valence-electron chi connectivity index (χ4n) is 2.41. The molecule has 0 aliphatic carbocycles. The quantitative estimate of drug-likeness (QED) is 0.500. The number of hydrazine groups is 1. The molecule has 0 bridgehead atoms. The first-order valence-corrected chi connectivity index (χ1v) is 7.39. The van der Waals surface area contributed by atoms with Gasteiger partial charge in [0.1, 0.15) is 6.61 Å². The van der Waals surface area contributed by atoms with Gasteiger partial charge in [-0.3, -0.25) is 15.0 Å². The van der Waals surface area contributed by atoms with Crippen LogP contribution in [0.15, 0.2) is 24.3 Å². The normalized spacial score (nSPS) is 15.5. The topological polar surface area (TPSA) is 84.7 Å². The number of morpholine rings is 1. The maximum absolute atomic E-state index is 12.0. The van der Waals surface area contributed by atoms with Gasteiger partial charge >= 0.3 is 0 Å². The molecule has 0 atom stereocenters. The third-order valence-electron chi connectivity index (χ3n) is 3.47. The van der Waals surface area contributed by atoms with Crippen LogP contribution >= 0.6 is 11.3 Å². The third kappa shape index (κ3) is 2.63. The van der Waals surface area contributed by atoms with Crippen LogP contribution in [0.1, 0.15) is 15.2 Å². The largest absolute Gasteiger partial charge is 0.370 e. The van der Waals surface area contributed by atoms with Crippen molar-refractivity contribution in [2.45, 2.75) is 6.54 Å². The Morgan fingerprint density at radius 3 is 3.00 bits per heavy atom. The monoisotopic (exact) mass is 305 g/mol. The summed E-state index contributed by atoms with van der Waals surface area (Å²) >= 11 is 1.39. The number of hydrogen-bond donors (Lipinski definition) is 2. The van der Waals surface area contributed by atoms with E-state index < -0.39 is 0 Å². The second-order valence-corrected chi connectivity index (χ2v) is 5.80. The lowest BCUT2D eigenvalue weighted by Crippen LogP contribution is -2.41. The van der Waals surface area contributed by atoms with Crippen molar-refractivity contribution in [1.29, 1.82) is 0 Å². The molecule has 0 spiro atoms. The van der Waals surface area contributed by atoms with Crippen LogP contribution < -0.4 is 11.3 Å². The van der Waals surface area contributed by atoms with Crippen molar-refractivity contribution in [2.24, 2.45) is 5.84 Å². The predicted molar refractivity (Wildman–Crippen MR) is 79.7 cm³/mol. The Morgan fingerprint density at radius 1 is 1.43 bits per heavy atom. The summed E-state index contributed by atoms with van der Waals surface area (Å²) in [7, 11) is 0. The Hall–Kier alpha value is -1.96. The van der Waals surface area contributed by atoms with E-state index in [0.29, 0.717) is 24.6 Å². The summed E-state index contributed by atoms with van der Waals surface area (Å²) in [6.07, 6.45) is 0. The van der Waals surface area contributed by atoms with E-state index in [1.54, 1.807) is 4.90 Å². The first-order chi connectivity index (χ1) is 10.2. The number of ether oxygens (including phenoxy) is 1. The Labute approximate surface area is 125 Å². The van der Waals surface area contributed by atoms with E-state index in [1.165, 1.54) is 11.3 Å². The van der Waals surface area contributed by atoms with Crippen molar-refractivity contribution in [3.8, 4) is 0 Å². The van der Waals surface area contributed by atoms with Crippen molar-refractivity contribution in [2.75, 3.05) is 19.8 Å². The summed E-state index contributed by atoms with van der Waals surface area (Å²) in [4.78, 5) is 26.1. The van der Waals surface area contributed by atoms with E-state index >= 15 is 0 Å². The van der Waals surface area contributed by atoms with Crippen LogP contribution in [-0.4, -0.2) is 36.5 Å². The molecule has 2 aromatic rings. The summed E-state index contributed by atoms with van der Waals surface area (Å²) in [5.74, 6) is 4.88. The van der Waals surface area contributed by atoms with Crippen LogP contribution in [0.3, 0.4) is 0 Å². The van der Waals surface area contributed by atoms with Crippen LogP contribution in [0.25, 0.3) is 10.1 Å². The van der Waals surface area contributed by atoms with Crippen molar-refractivity contribution < 1.29 is 14.3 Å². The van der Waals surface area contributed by atoms with Gasteiger partial charge in [-0.1, -0.05) is 18.2 Å². The lowest BCUT2D eigenvalue weighted by Gasteiger charge is -2.27. The van der Waals surface area contributed by atoms with Crippen molar-refractivity contribution in [3.05, 3.63) is 34.7 Å². The molecule has 2 amide bonds. The van der Waals surface area contributed by atoms with Crippen LogP contribution in [-0.2, 0) is 16.1 Å². The number of carbonyl (C=O) groups is 2. The predicted octanol–water partition coefficient (Wildman–Crippen LogP) is 0.864. The highest BCUT2D eigenvalue weighted by atomic mass is 32.1. The number of hydrogen-bond acceptors (Lipinski definition) is 5. The third-order valence-corrected chi connectivity index (χ3v) is 4.68. The van der Waals surface area contributed by atoms with Crippen LogP contribution in [0.2, 0.25) is 0 Å². The lowest BCUT2D eigenvalue weighted by atomic mass is 10.1. The molecule has 3 rings (SSSR count). The zero-order valence-corrected chi connectivity index (χ0v) is 12.1. The van der Waals surface area contributed by atoms with Crippen molar-refractivity contribution >= 4 is 33.2 Å². The molecule has 110 valence electrons. The smallest absolute Gasteiger partial charge is 0.275 e. The number of nitrogens with two attached hydrogens (primary N) is 1. The second kappa shape index (κ2) is 5.80. The van der Waals surface area contributed by atoms with Gasteiger partial charge in [-0.05, 0) is 11.5 Å². The first kappa shape index (κ1) is 14.0. The number of fused-ring (bicyclic) bond motifs is 1. The number of nitrogen functional groups attached to an aromatic ring is 1. The number of rotatable bonds is 3. The Morgan fingerprint density at radius 2 is 2.24 bits per heavy atom. The average Bonchev–Trinajstić information content (AvgIpc) is 2.88. The van der Waals surface area contributed by atoms with E-state index in [9.17, 15) is 9.59 Å². The number of carbonyl (C=O) groups excluding carboxylic acids is 2. The van der Waals surface area contributed by atoms with Crippen molar-refractivity contribution in [1.82, 2.24) is 10.3 Å². The van der Waals surface area contributed by atoms with Gasteiger partial charge in [0.05, 0.1) is 11.5 Å². The van der Waals surface area contributed by atoms with E-state index in [1.807, 2.05) is 24.3 Å². The molecule has 6 nitrogen and oxygen atoms in total. The molecule has 3 N–H and O–H groups in total. The van der Waals surface area contributed by atoms with E-state index in [4.69, 9.17) is 10.6 Å². The minimum absolute atomic E-state index is 0.0596. The standard InChI is InChI=1S/C14H15N3O3S/c15-16-14(19)13-10(7-17-5-6-20-8-12(17)18)9-3-1-2-4-11(9)21-13/h1-4H,5-8,15H2,(H,16,19). The van der Waals surface area contributed by atoms with Crippen LogP contribution in [0.4, 0.5) is 0 Å². The fraction of sp³-hybridized carbons (Fsp3) is 0.286. The fourth-order valence-corrected chi connectivity index (χ4v) is 3.53. The van der Waals surface area contributed by atoms with Gasteiger partial charge in [-0.2, -0.15) is 0 Å². The van der Waals surface area contributed by atoms with Crippen LogP contribution in [0.5, 0.6) is 0 Å². The number of nitrogens with zero attached hydrogens (tertiary/aromatic N) is 1. The minimum atomic E-state index is -0.327. The molecule has 7 heteroatoms. The first-order valence-electron chi connectivity index (χ1n) is 6.57. The van der Waals surface area contributed by atoms with E-state index in [2.05, 4.69) is 5.43 Å². The Kier molecular flexibility index (Phi) is 3.87. The molecule has 0 radical (unpaired) electrons. The lowest BCUT2D eigenvalue weighted by molar-refractivity contribution is -0.143. The molecule has 1 aliphatic heterocycles. The number of benzene rings is 1. The second-order valence-electron chi connectivity index (χ2n) is 4.75. The number of amides is 2. The summed E-state index contributed by atoms with van der Waals surface area (Å²) < 4.78 is 6.14. The van der Waals surface area contributed by atoms with Gasteiger partial charge in [-0.15, -0.1) is 11.3 Å². The highest BCUT2D eigenvalue weighted by Crippen LogP contribution is 2.32. The molecule has 2 heterocycles. The summed E-state index contributed by atoms with van der Waals surface area (Å²) in [5, 5.41) is 0.986. The molecule has 1 aliphatic rings. The Balaban J connectivity index is 2.02.